The summed E-state index contributed by atoms with van der Waals surface area (Å²) in [6.45, 7) is 3.48. The van der Waals surface area contributed by atoms with Gasteiger partial charge >= 0.3 is 11.8 Å². The molecule has 0 aliphatic heterocycles. The lowest BCUT2D eigenvalue weighted by Crippen LogP contribution is -2.08. The number of hydrogen-bond acceptors (Lipinski definition) is 4. The molecular weight excluding hydrogens is 347 g/mol. The molecule has 0 unspecified atom stereocenters. The van der Waals surface area contributed by atoms with E-state index in [2.05, 4.69) is 10.1 Å². The van der Waals surface area contributed by atoms with Crippen molar-refractivity contribution in [1.82, 2.24) is 14.8 Å². The lowest BCUT2D eigenvalue weighted by atomic mass is 10.1. The van der Waals surface area contributed by atoms with Crippen LogP contribution in [0.4, 0.5) is 13.2 Å². The first-order valence-corrected chi connectivity index (χ1v) is 7.35. The quantitative estimate of drug-likeness (QED) is 0.694. The molecule has 0 aliphatic carbocycles. The van der Waals surface area contributed by atoms with E-state index in [0.717, 1.165) is 10.7 Å². The second-order valence-corrected chi connectivity index (χ2v) is 5.59. The van der Waals surface area contributed by atoms with Gasteiger partial charge in [0.1, 0.15) is 5.69 Å². The Morgan fingerprint density at radius 2 is 2.00 bits per heavy atom. The number of halogens is 4. The normalized spacial score (nSPS) is 12.1. The number of benzene rings is 1. The SMILES string of the molecule is CCn1nc(C(F)(F)F)cc1-c1nc2c(C)cc(Cl)cc2c(=O)o1. The fourth-order valence-corrected chi connectivity index (χ4v) is 2.66. The second-order valence-electron chi connectivity index (χ2n) is 5.15. The van der Waals surface area contributed by atoms with Gasteiger partial charge in [0.05, 0.1) is 10.9 Å². The van der Waals surface area contributed by atoms with Crippen LogP contribution in [0.3, 0.4) is 0 Å². The molecule has 2 heterocycles. The van der Waals surface area contributed by atoms with Crippen LogP contribution in [0, 0.1) is 6.92 Å². The van der Waals surface area contributed by atoms with Gasteiger partial charge in [0.15, 0.2) is 5.69 Å². The third-order valence-corrected chi connectivity index (χ3v) is 3.70. The highest BCUT2D eigenvalue weighted by Gasteiger charge is 2.35. The van der Waals surface area contributed by atoms with Crippen LogP contribution in [0.5, 0.6) is 0 Å². The first kappa shape index (κ1) is 16.5. The zero-order valence-corrected chi connectivity index (χ0v) is 13.4. The zero-order chi connectivity index (χ0) is 17.6. The Hall–Kier alpha value is -2.35. The van der Waals surface area contributed by atoms with Gasteiger partial charge in [-0.05, 0) is 31.5 Å². The fourth-order valence-electron chi connectivity index (χ4n) is 2.38. The summed E-state index contributed by atoms with van der Waals surface area (Å²) in [5, 5.41) is 4.01. The van der Waals surface area contributed by atoms with Gasteiger partial charge in [-0.1, -0.05) is 11.6 Å². The number of nitrogens with zero attached hydrogens (tertiary/aromatic N) is 3. The van der Waals surface area contributed by atoms with E-state index >= 15 is 0 Å². The lowest BCUT2D eigenvalue weighted by molar-refractivity contribution is -0.141. The van der Waals surface area contributed by atoms with Crippen LogP contribution >= 0.6 is 11.6 Å². The molecule has 0 bridgehead atoms. The first-order chi connectivity index (χ1) is 11.2. The van der Waals surface area contributed by atoms with Crippen molar-refractivity contribution in [3.05, 3.63) is 44.9 Å². The van der Waals surface area contributed by atoms with E-state index in [4.69, 9.17) is 16.0 Å². The van der Waals surface area contributed by atoms with Crippen molar-refractivity contribution < 1.29 is 17.6 Å². The molecule has 0 spiro atoms. The van der Waals surface area contributed by atoms with Gasteiger partial charge in [-0.2, -0.15) is 18.3 Å². The smallest absolute Gasteiger partial charge is 0.401 e. The average molecular weight is 358 g/mol. The summed E-state index contributed by atoms with van der Waals surface area (Å²) in [5.41, 5.74) is -0.874. The molecular formula is C15H11ClF3N3O2. The summed E-state index contributed by atoms with van der Waals surface area (Å²) < 4.78 is 44.8. The molecule has 0 N–H and O–H groups in total. The molecule has 3 aromatic rings. The van der Waals surface area contributed by atoms with Crippen molar-refractivity contribution in [3.63, 3.8) is 0 Å². The number of aromatic nitrogens is 3. The predicted octanol–water partition coefficient (Wildman–Crippen LogP) is 4.05. The lowest BCUT2D eigenvalue weighted by Gasteiger charge is -2.05. The Labute approximate surface area is 138 Å². The summed E-state index contributed by atoms with van der Waals surface area (Å²) in [6.07, 6.45) is -4.60. The van der Waals surface area contributed by atoms with E-state index in [9.17, 15) is 18.0 Å². The van der Waals surface area contributed by atoms with E-state index in [1.807, 2.05) is 0 Å². The number of fused-ring (bicyclic) bond motifs is 1. The molecule has 24 heavy (non-hydrogen) atoms. The Bertz CT molecular complexity index is 992. The van der Waals surface area contributed by atoms with Gasteiger partial charge in [-0.3, -0.25) is 4.68 Å². The predicted molar refractivity (Wildman–Crippen MR) is 81.9 cm³/mol. The highest BCUT2D eigenvalue weighted by atomic mass is 35.5. The minimum atomic E-state index is -4.60. The van der Waals surface area contributed by atoms with Crippen LogP contribution < -0.4 is 5.63 Å². The maximum absolute atomic E-state index is 12.9. The molecule has 5 nitrogen and oxygen atoms in total. The maximum Gasteiger partial charge on any atom is 0.435 e. The Balaban J connectivity index is 2.28. The van der Waals surface area contributed by atoms with E-state index in [1.165, 1.54) is 6.07 Å². The molecule has 0 saturated carbocycles. The second kappa shape index (κ2) is 5.62. The van der Waals surface area contributed by atoms with Crippen molar-refractivity contribution in [2.45, 2.75) is 26.6 Å². The van der Waals surface area contributed by atoms with Gasteiger partial charge < -0.3 is 4.42 Å². The molecule has 9 heteroatoms. The van der Waals surface area contributed by atoms with E-state index < -0.39 is 17.5 Å². The van der Waals surface area contributed by atoms with E-state index in [0.29, 0.717) is 16.1 Å². The summed E-state index contributed by atoms with van der Waals surface area (Å²) in [5.74, 6) is -0.220. The molecule has 0 radical (unpaired) electrons. The molecule has 2 aromatic heterocycles. The topological polar surface area (TPSA) is 60.9 Å². The highest BCUT2D eigenvalue weighted by Crippen LogP contribution is 2.31. The van der Waals surface area contributed by atoms with Gasteiger partial charge in [0.2, 0.25) is 5.89 Å². The fraction of sp³-hybridized carbons (Fsp3) is 0.267. The summed E-state index contributed by atoms with van der Waals surface area (Å²) in [6, 6.07) is 3.83. The molecule has 126 valence electrons. The van der Waals surface area contributed by atoms with Crippen molar-refractivity contribution in [3.8, 4) is 11.6 Å². The molecule has 0 atom stereocenters. The van der Waals surface area contributed by atoms with Gasteiger partial charge in [0, 0.05) is 17.6 Å². The Kier molecular flexibility index (Phi) is 3.87. The number of hydrogen-bond donors (Lipinski definition) is 0. The van der Waals surface area contributed by atoms with Crippen LogP contribution in [0.2, 0.25) is 5.02 Å². The Morgan fingerprint density at radius 3 is 2.62 bits per heavy atom. The van der Waals surface area contributed by atoms with Crippen molar-refractivity contribution in [2.75, 3.05) is 0 Å². The van der Waals surface area contributed by atoms with Crippen LogP contribution in [0.15, 0.2) is 27.4 Å². The Morgan fingerprint density at radius 1 is 1.29 bits per heavy atom. The number of aryl methyl sites for hydroxylation is 2. The van der Waals surface area contributed by atoms with E-state index in [1.54, 1.807) is 19.9 Å². The molecule has 0 amide bonds. The van der Waals surface area contributed by atoms with Crippen molar-refractivity contribution >= 4 is 22.5 Å². The largest absolute Gasteiger partial charge is 0.435 e. The third-order valence-electron chi connectivity index (χ3n) is 3.48. The van der Waals surface area contributed by atoms with Crippen LogP contribution in [-0.2, 0) is 12.7 Å². The monoisotopic (exact) mass is 357 g/mol. The minimum Gasteiger partial charge on any atom is -0.401 e. The molecule has 0 saturated heterocycles. The van der Waals surface area contributed by atoms with E-state index in [-0.39, 0.29) is 23.5 Å². The maximum atomic E-state index is 12.9. The third kappa shape index (κ3) is 2.77. The van der Waals surface area contributed by atoms with Crippen LogP contribution in [0.1, 0.15) is 18.2 Å². The van der Waals surface area contributed by atoms with Crippen LogP contribution in [-0.4, -0.2) is 14.8 Å². The minimum absolute atomic E-state index is 0.0156. The average Bonchev–Trinajstić information content (AvgIpc) is 2.92. The number of alkyl halides is 3. The van der Waals surface area contributed by atoms with Crippen molar-refractivity contribution in [1.29, 1.82) is 0 Å². The molecule has 0 fully saturated rings. The van der Waals surface area contributed by atoms with Crippen LogP contribution in [0.25, 0.3) is 22.5 Å². The highest BCUT2D eigenvalue weighted by molar-refractivity contribution is 6.31. The zero-order valence-electron chi connectivity index (χ0n) is 12.6. The summed E-state index contributed by atoms with van der Waals surface area (Å²) >= 11 is 5.91. The number of rotatable bonds is 2. The van der Waals surface area contributed by atoms with Gasteiger partial charge in [0.25, 0.3) is 0 Å². The molecule has 0 aliphatic rings. The standard InChI is InChI=1S/C15H11ClF3N3O2/c1-3-22-10(6-11(21-22)15(17,18)19)13-20-12-7(2)4-8(16)5-9(12)14(23)24-13/h4-6H,3H2,1-2H3. The first-order valence-electron chi connectivity index (χ1n) is 6.97. The van der Waals surface area contributed by atoms with Gasteiger partial charge in [-0.25, -0.2) is 9.78 Å². The summed E-state index contributed by atoms with van der Waals surface area (Å²) in [7, 11) is 0. The van der Waals surface area contributed by atoms with Gasteiger partial charge in [-0.15, -0.1) is 0 Å². The molecule has 3 rings (SSSR count). The molecule has 1 aromatic carbocycles. The van der Waals surface area contributed by atoms with Crippen molar-refractivity contribution in [2.24, 2.45) is 0 Å². The summed E-state index contributed by atoms with van der Waals surface area (Å²) in [4.78, 5) is 16.4.